The standard InChI is InChI=1S/C21H22N2O3/c1-13-8-18(11-19(22-13)16-6-7-16)26-12-15-4-2-14(3-5-15)9-17-10-20(24)23-21(17)25/h2-5,8,11,16-17H,6-7,9-10,12H2,1H3,(H,23,24,25). The Kier molecular flexibility index (Phi) is 4.45. The molecule has 2 aromatic rings. The summed E-state index contributed by atoms with van der Waals surface area (Å²) in [4.78, 5) is 27.5. The summed E-state index contributed by atoms with van der Waals surface area (Å²) in [7, 11) is 0. The predicted molar refractivity (Wildman–Crippen MR) is 96.7 cm³/mol. The zero-order valence-electron chi connectivity index (χ0n) is 14.8. The molecule has 1 aliphatic carbocycles. The highest BCUT2D eigenvalue weighted by Crippen LogP contribution is 2.40. The van der Waals surface area contributed by atoms with Gasteiger partial charge in [-0.05, 0) is 37.3 Å². The quantitative estimate of drug-likeness (QED) is 0.813. The van der Waals surface area contributed by atoms with Crippen LogP contribution in [0.3, 0.4) is 0 Å². The Bertz CT molecular complexity index is 841. The molecule has 0 radical (unpaired) electrons. The molecule has 1 saturated carbocycles. The molecule has 2 heterocycles. The Labute approximate surface area is 152 Å². The summed E-state index contributed by atoms with van der Waals surface area (Å²) in [6.45, 7) is 2.49. The number of ether oxygens (including phenoxy) is 1. The molecule has 0 bridgehead atoms. The topological polar surface area (TPSA) is 68.3 Å². The van der Waals surface area contributed by atoms with Gasteiger partial charge in [0.25, 0.3) is 0 Å². The number of nitrogens with one attached hydrogen (secondary N) is 1. The van der Waals surface area contributed by atoms with E-state index in [-0.39, 0.29) is 24.2 Å². The minimum atomic E-state index is -0.245. The number of nitrogens with zero attached hydrogens (tertiary/aromatic N) is 1. The SMILES string of the molecule is Cc1cc(OCc2ccc(CC3CC(=O)NC3=O)cc2)cc(C2CC2)n1. The van der Waals surface area contributed by atoms with Crippen molar-refractivity contribution in [2.75, 3.05) is 0 Å². The highest BCUT2D eigenvalue weighted by molar-refractivity contribution is 6.03. The number of carbonyl (C=O) groups is 2. The summed E-state index contributed by atoms with van der Waals surface area (Å²) < 4.78 is 5.95. The van der Waals surface area contributed by atoms with Gasteiger partial charge in [0.2, 0.25) is 11.8 Å². The number of carbonyl (C=O) groups excluding carboxylic acids is 2. The van der Waals surface area contributed by atoms with E-state index in [9.17, 15) is 9.59 Å². The van der Waals surface area contributed by atoms with Crippen LogP contribution in [0.1, 0.15) is 47.7 Å². The van der Waals surface area contributed by atoms with E-state index in [1.54, 1.807) is 0 Å². The van der Waals surface area contributed by atoms with Gasteiger partial charge < -0.3 is 4.74 Å². The largest absolute Gasteiger partial charge is 0.489 e. The maximum atomic E-state index is 11.7. The van der Waals surface area contributed by atoms with Crippen molar-refractivity contribution in [1.82, 2.24) is 10.3 Å². The van der Waals surface area contributed by atoms with Crippen LogP contribution in [0, 0.1) is 12.8 Å². The first-order chi connectivity index (χ1) is 12.6. The van der Waals surface area contributed by atoms with Crippen LogP contribution in [0.5, 0.6) is 5.75 Å². The number of rotatable bonds is 6. The second-order valence-corrected chi connectivity index (χ2v) is 7.27. The second kappa shape index (κ2) is 6.90. The van der Waals surface area contributed by atoms with Crippen LogP contribution < -0.4 is 10.1 Å². The van der Waals surface area contributed by atoms with E-state index in [0.29, 0.717) is 18.9 Å². The summed E-state index contributed by atoms with van der Waals surface area (Å²) in [5, 5.41) is 2.36. The number of hydrogen-bond donors (Lipinski definition) is 1. The van der Waals surface area contributed by atoms with Crippen molar-refractivity contribution in [3.05, 3.63) is 58.9 Å². The lowest BCUT2D eigenvalue weighted by atomic mass is 9.97. The zero-order valence-corrected chi connectivity index (χ0v) is 14.8. The molecular weight excluding hydrogens is 328 g/mol. The van der Waals surface area contributed by atoms with Crippen molar-refractivity contribution in [3.8, 4) is 5.75 Å². The number of benzene rings is 1. The molecule has 1 N–H and O–H groups in total. The molecule has 0 spiro atoms. The fourth-order valence-electron chi connectivity index (χ4n) is 3.33. The van der Waals surface area contributed by atoms with E-state index in [2.05, 4.69) is 16.4 Å². The van der Waals surface area contributed by atoms with Crippen molar-refractivity contribution < 1.29 is 14.3 Å². The van der Waals surface area contributed by atoms with Gasteiger partial charge in [0.05, 0.1) is 5.92 Å². The Morgan fingerprint density at radius 2 is 1.85 bits per heavy atom. The highest BCUT2D eigenvalue weighted by Gasteiger charge is 2.30. The van der Waals surface area contributed by atoms with Crippen LogP contribution in [0.2, 0.25) is 0 Å². The second-order valence-electron chi connectivity index (χ2n) is 7.27. The first-order valence-electron chi connectivity index (χ1n) is 9.10. The monoisotopic (exact) mass is 350 g/mol. The van der Waals surface area contributed by atoms with Crippen molar-refractivity contribution in [1.29, 1.82) is 0 Å². The Hall–Kier alpha value is -2.69. The Morgan fingerprint density at radius 1 is 1.12 bits per heavy atom. The molecule has 1 aromatic carbocycles. The minimum Gasteiger partial charge on any atom is -0.489 e. The third-order valence-electron chi connectivity index (χ3n) is 4.92. The molecule has 26 heavy (non-hydrogen) atoms. The zero-order chi connectivity index (χ0) is 18.1. The maximum absolute atomic E-state index is 11.7. The number of aryl methyl sites for hydroxylation is 1. The molecule has 5 heteroatoms. The summed E-state index contributed by atoms with van der Waals surface area (Å²) in [6.07, 6.45) is 3.32. The average molecular weight is 350 g/mol. The number of imide groups is 1. The number of amides is 2. The lowest BCUT2D eigenvalue weighted by Gasteiger charge is -2.10. The normalized spacial score (nSPS) is 19.5. The van der Waals surface area contributed by atoms with Crippen LogP contribution in [-0.4, -0.2) is 16.8 Å². The Morgan fingerprint density at radius 3 is 2.50 bits per heavy atom. The summed E-state index contributed by atoms with van der Waals surface area (Å²) in [5.41, 5.74) is 4.26. The number of aromatic nitrogens is 1. The van der Waals surface area contributed by atoms with Gasteiger partial charge in [0, 0.05) is 35.9 Å². The predicted octanol–water partition coefficient (Wildman–Crippen LogP) is 3.05. The van der Waals surface area contributed by atoms with Gasteiger partial charge in [-0.25, -0.2) is 0 Å². The lowest BCUT2D eigenvalue weighted by Crippen LogP contribution is -2.22. The Balaban J connectivity index is 1.36. The van der Waals surface area contributed by atoms with Crippen molar-refractivity contribution >= 4 is 11.8 Å². The molecule has 1 atom stereocenters. The average Bonchev–Trinajstić information content (AvgIpc) is 3.40. The van der Waals surface area contributed by atoms with E-state index < -0.39 is 0 Å². The molecule has 2 amide bonds. The van der Waals surface area contributed by atoms with Crippen molar-refractivity contribution in [2.45, 2.75) is 45.1 Å². The molecule has 1 aliphatic heterocycles. The third kappa shape index (κ3) is 3.93. The summed E-state index contributed by atoms with van der Waals surface area (Å²) >= 11 is 0. The summed E-state index contributed by atoms with van der Waals surface area (Å²) in [6, 6.07) is 12.1. The van der Waals surface area contributed by atoms with Crippen molar-refractivity contribution in [2.24, 2.45) is 5.92 Å². The van der Waals surface area contributed by atoms with Crippen LogP contribution in [-0.2, 0) is 22.6 Å². The van der Waals surface area contributed by atoms with E-state index >= 15 is 0 Å². The fraction of sp³-hybridized carbons (Fsp3) is 0.381. The smallest absolute Gasteiger partial charge is 0.230 e. The number of pyridine rings is 1. The molecular formula is C21H22N2O3. The molecule has 5 nitrogen and oxygen atoms in total. The van der Waals surface area contributed by atoms with E-state index in [1.807, 2.05) is 37.3 Å². The molecule has 2 fully saturated rings. The van der Waals surface area contributed by atoms with E-state index in [1.165, 1.54) is 12.8 Å². The van der Waals surface area contributed by atoms with Crippen LogP contribution >= 0.6 is 0 Å². The first-order valence-corrected chi connectivity index (χ1v) is 9.10. The van der Waals surface area contributed by atoms with Crippen LogP contribution in [0.15, 0.2) is 36.4 Å². The fourth-order valence-corrected chi connectivity index (χ4v) is 3.33. The first kappa shape index (κ1) is 16.8. The molecule has 1 unspecified atom stereocenters. The number of hydrogen-bond acceptors (Lipinski definition) is 4. The van der Waals surface area contributed by atoms with Gasteiger partial charge in [-0.2, -0.15) is 0 Å². The molecule has 2 aliphatic rings. The van der Waals surface area contributed by atoms with Crippen LogP contribution in [0.25, 0.3) is 0 Å². The maximum Gasteiger partial charge on any atom is 0.230 e. The third-order valence-corrected chi connectivity index (χ3v) is 4.92. The van der Waals surface area contributed by atoms with E-state index in [0.717, 1.165) is 28.3 Å². The van der Waals surface area contributed by atoms with Gasteiger partial charge >= 0.3 is 0 Å². The van der Waals surface area contributed by atoms with Gasteiger partial charge in [0.15, 0.2) is 0 Å². The van der Waals surface area contributed by atoms with Crippen LogP contribution in [0.4, 0.5) is 0 Å². The van der Waals surface area contributed by atoms with Gasteiger partial charge in [0.1, 0.15) is 12.4 Å². The molecule has 1 aromatic heterocycles. The summed E-state index contributed by atoms with van der Waals surface area (Å²) in [5.74, 6) is 0.885. The van der Waals surface area contributed by atoms with Gasteiger partial charge in [-0.1, -0.05) is 24.3 Å². The van der Waals surface area contributed by atoms with Gasteiger partial charge in [-0.15, -0.1) is 0 Å². The minimum absolute atomic E-state index is 0.165. The van der Waals surface area contributed by atoms with E-state index in [4.69, 9.17) is 4.74 Å². The molecule has 4 rings (SSSR count). The molecule has 1 saturated heterocycles. The highest BCUT2D eigenvalue weighted by atomic mass is 16.5. The van der Waals surface area contributed by atoms with Crippen molar-refractivity contribution in [3.63, 3.8) is 0 Å². The molecule has 134 valence electrons. The van der Waals surface area contributed by atoms with Gasteiger partial charge in [-0.3, -0.25) is 19.9 Å². The lowest BCUT2D eigenvalue weighted by molar-refractivity contribution is -0.125.